The highest BCUT2D eigenvalue weighted by Gasteiger charge is 2.18. The van der Waals surface area contributed by atoms with E-state index in [1.807, 2.05) is 0 Å². The molecule has 1 amide bonds. The largest absolute Gasteiger partial charge is 0.321 e. The number of thioether (sulfide) groups is 1. The molecular weight excluding hydrogens is 258 g/mol. The molecule has 0 radical (unpaired) electrons. The van der Waals surface area contributed by atoms with Gasteiger partial charge in [-0.15, -0.1) is 0 Å². The number of hydrogen-bond donors (Lipinski definition) is 2. The van der Waals surface area contributed by atoms with E-state index in [9.17, 15) is 13.6 Å². The van der Waals surface area contributed by atoms with Gasteiger partial charge in [-0.05, 0) is 12.1 Å². The number of carbonyl (C=O) groups is 1. The van der Waals surface area contributed by atoms with Crippen molar-refractivity contribution in [2.45, 2.75) is 12.5 Å². The van der Waals surface area contributed by atoms with Crippen molar-refractivity contribution in [3.63, 3.8) is 0 Å². The monoisotopic (exact) mass is 272 g/mol. The number of hydrogen-bond acceptors (Lipinski definition) is 3. The molecule has 1 aromatic carbocycles. The van der Waals surface area contributed by atoms with E-state index < -0.39 is 11.6 Å². The van der Waals surface area contributed by atoms with E-state index in [0.29, 0.717) is 0 Å². The van der Waals surface area contributed by atoms with Crippen LogP contribution in [0.1, 0.15) is 6.42 Å². The molecule has 0 bridgehead atoms. The van der Waals surface area contributed by atoms with Gasteiger partial charge in [-0.1, -0.05) is 6.07 Å². The average molecular weight is 272 g/mol. The van der Waals surface area contributed by atoms with Crippen molar-refractivity contribution in [3.05, 3.63) is 29.8 Å². The summed E-state index contributed by atoms with van der Waals surface area (Å²) in [5.74, 6) is -0.0181. The lowest BCUT2D eigenvalue weighted by atomic mass is 10.2. The van der Waals surface area contributed by atoms with E-state index in [2.05, 4.69) is 10.6 Å². The zero-order valence-electron chi connectivity index (χ0n) is 9.71. The van der Waals surface area contributed by atoms with Crippen LogP contribution in [0.5, 0.6) is 0 Å². The third-order valence-electron chi connectivity index (χ3n) is 2.66. The van der Waals surface area contributed by atoms with Crippen molar-refractivity contribution < 1.29 is 13.6 Å². The quantitative estimate of drug-likeness (QED) is 0.884. The molecule has 1 unspecified atom stereocenters. The fourth-order valence-corrected chi connectivity index (χ4v) is 2.73. The van der Waals surface area contributed by atoms with E-state index in [1.165, 1.54) is 6.07 Å². The number of para-hydroxylation sites is 1. The summed E-state index contributed by atoms with van der Waals surface area (Å²) in [5, 5.41) is 5.48. The smallest absolute Gasteiger partial charge is 0.226 e. The van der Waals surface area contributed by atoms with Gasteiger partial charge in [0.2, 0.25) is 5.91 Å². The fourth-order valence-electron chi connectivity index (χ4n) is 1.78. The predicted molar refractivity (Wildman–Crippen MR) is 68.7 cm³/mol. The van der Waals surface area contributed by atoms with Crippen LogP contribution in [0.25, 0.3) is 0 Å². The first-order valence-electron chi connectivity index (χ1n) is 5.72. The summed E-state index contributed by atoms with van der Waals surface area (Å²) < 4.78 is 26.6. The molecule has 2 rings (SSSR count). The Kier molecular flexibility index (Phi) is 4.54. The maximum absolute atomic E-state index is 13.3. The highest BCUT2D eigenvalue weighted by Crippen LogP contribution is 2.19. The molecule has 1 aromatic rings. The molecule has 1 heterocycles. The predicted octanol–water partition coefficient (Wildman–Crippen LogP) is 2.00. The molecule has 1 atom stereocenters. The lowest BCUT2D eigenvalue weighted by molar-refractivity contribution is -0.116. The number of rotatable bonds is 3. The number of anilines is 1. The number of amides is 1. The van der Waals surface area contributed by atoms with Crippen molar-refractivity contribution in [1.29, 1.82) is 0 Å². The van der Waals surface area contributed by atoms with Crippen molar-refractivity contribution in [3.8, 4) is 0 Å². The van der Waals surface area contributed by atoms with Gasteiger partial charge >= 0.3 is 0 Å². The summed E-state index contributed by atoms with van der Waals surface area (Å²) in [5.41, 5.74) is -0.369. The molecule has 6 heteroatoms. The van der Waals surface area contributed by atoms with E-state index >= 15 is 0 Å². The Balaban J connectivity index is 1.94. The number of carbonyl (C=O) groups excluding carboxylic acids is 1. The standard InChI is InChI=1S/C12H14F2N2OS/c13-9-2-1-3-10(14)12(9)16-11(17)6-8-7-18-5-4-15-8/h1-3,8,15H,4-7H2,(H,16,17). The van der Waals surface area contributed by atoms with Crippen molar-refractivity contribution in [2.24, 2.45) is 0 Å². The summed E-state index contributed by atoms with van der Waals surface area (Å²) in [6, 6.07) is 3.57. The lowest BCUT2D eigenvalue weighted by Crippen LogP contribution is -2.40. The molecule has 2 N–H and O–H groups in total. The normalized spacial score (nSPS) is 19.6. The van der Waals surface area contributed by atoms with E-state index in [4.69, 9.17) is 0 Å². The molecule has 1 aliphatic heterocycles. The first-order chi connectivity index (χ1) is 8.66. The SMILES string of the molecule is O=C(CC1CSCCN1)Nc1c(F)cccc1F. The van der Waals surface area contributed by atoms with Gasteiger partial charge in [0.05, 0.1) is 0 Å². The summed E-state index contributed by atoms with van der Waals surface area (Å²) in [7, 11) is 0. The molecule has 0 spiro atoms. The molecule has 98 valence electrons. The van der Waals surface area contributed by atoms with Crippen LogP contribution in [-0.4, -0.2) is 30.0 Å². The highest BCUT2D eigenvalue weighted by molar-refractivity contribution is 7.99. The zero-order valence-corrected chi connectivity index (χ0v) is 10.5. The zero-order chi connectivity index (χ0) is 13.0. The second kappa shape index (κ2) is 6.15. The molecule has 0 saturated carbocycles. The Morgan fingerprint density at radius 3 is 2.78 bits per heavy atom. The molecule has 1 fully saturated rings. The topological polar surface area (TPSA) is 41.1 Å². The van der Waals surface area contributed by atoms with Crippen LogP contribution in [0.3, 0.4) is 0 Å². The van der Waals surface area contributed by atoms with Gasteiger partial charge < -0.3 is 10.6 Å². The van der Waals surface area contributed by atoms with Gasteiger partial charge in [-0.3, -0.25) is 4.79 Å². The van der Waals surface area contributed by atoms with Gasteiger partial charge in [0.25, 0.3) is 0 Å². The summed E-state index contributed by atoms with van der Waals surface area (Å²) in [6.07, 6.45) is 0.223. The summed E-state index contributed by atoms with van der Waals surface area (Å²) >= 11 is 1.77. The van der Waals surface area contributed by atoms with Crippen molar-refractivity contribution >= 4 is 23.4 Å². The third-order valence-corrected chi connectivity index (χ3v) is 3.79. The maximum Gasteiger partial charge on any atom is 0.226 e. The minimum atomic E-state index is -0.755. The molecule has 3 nitrogen and oxygen atoms in total. The number of nitrogens with one attached hydrogen (secondary N) is 2. The van der Waals surface area contributed by atoms with Gasteiger partial charge in [-0.2, -0.15) is 11.8 Å². The maximum atomic E-state index is 13.3. The van der Waals surface area contributed by atoms with Crippen molar-refractivity contribution in [1.82, 2.24) is 5.32 Å². The Labute approximate surface area is 108 Å². The van der Waals surface area contributed by atoms with E-state index in [0.717, 1.165) is 30.2 Å². The summed E-state index contributed by atoms with van der Waals surface area (Å²) in [4.78, 5) is 11.7. The molecular formula is C12H14F2N2OS. The second-order valence-corrected chi connectivity index (χ2v) is 5.22. The first kappa shape index (κ1) is 13.3. The van der Waals surface area contributed by atoms with Crippen LogP contribution in [0.15, 0.2) is 18.2 Å². The lowest BCUT2D eigenvalue weighted by Gasteiger charge is -2.22. The number of halogens is 2. The average Bonchev–Trinajstić information content (AvgIpc) is 2.35. The van der Waals surface area contributed by atoms with Crippen LogP contribution in [0.4, 0.5) is 14.5 Å². The molecule has 0 aromatic heterocycles. The van der Waals surface area contributed by atoms with Gasteiger partial charge in [0.15, 0.2) is 0 Å². The fraction of sp³-hybridized carbons (Fsp3) is 0.417. The van der Waals surface area contributed by atoms with E-state index in [1.54, 1.807) is 11.8 Å². The van der Waals surface area contributed by atoms with Crippen LogP contribution < -0.4 is 10.6 Å². The molecule has 0 aliphatic carbocycles. The van der Waals surface area contributed by atoms with Crippen LogP contribution in [0.2, 0.25) is 0 Å². The second-order valence-electron chi connectivity index (χ2n) is 4.07. The van der Waals surface area contributed by atoms with Gasteiger partial charge in [0, 0.05) is 30.5 Å². The molecule has 1 aliphatic rings. The Hall–Kier alpha value is -1.14. The highest BCUT2D eigenvalue weighted by atomic mass is 32.2. The van der Waals surface area contributed by atoms with Crippen LogP contribution in [-0.2, 0) is 4.79 Å². The molecule has 1 saturated heterocycles. The van der Waals surface area contributed by atoms with Crippen molar-refractivity contribution in [2.75, 3.05) is 23.4 Å². The van der Waals surface area contributed by atoms with Gasteiger partial charge in [-0.25, -0.2) is 8.78 Å². The summed E-state index contributed by atoms with van der Waals surface area (Å²) in [6.45, 7) is 0.858. The Morgan fingerprint density at radius 1 is 1.44 bits per heavy atom. The van der Waals surface area contributed by atoms with Crippen LogP contribution in [0, 0.1) is 11.6 Å². The van der Waals surface area contributed by atoms with Gasteiger partial charge in [0.1, 0.15) is 17.3 Å². The minimum Gasteiger partial charge on any atom is -0.321 e. The Morgan fingerprint density at radius 2 is 2.17 bits per heavy atom. The Bertz CT molecular complexity index is 416. The molecule has 18 heavy (non-hydrogen) atoms. The number of benzene rings is 1. The first-order valence-corrected chi connectivity index (χ1v) is 6.87. The third kappa shape index (κ3) is 3.43. The van der Waals surface area contributed by atoms with E-state index in [-0.39, 0.29) is 24.1 Å². The van der Waals surface area contributed by atoms with Crippen LogP contribution >= 0.6 is 11.8 Å². The minimum absolute atomic E-state index is 0.0681.